The van der Waals surface area contributed by atoms with E-state index in [1.54, 1.807) is 24.8 Å². The van der Waals surface area contributed by atoms with Crippen molar-refractivity contribution >= 4 is 23.2 Å². The van der Waals surface area contributed by atoms with Crippen molar-refractivity contribution in [1.82, 2.24) is 10.2 Å². The average molecular weight is 376 g/mol. The number of carbonyl (C=O) groups excluding carboxylic acids is 2. The van der Waals surface area contributed by atoms with Gasteiger partial charge in [-0.15, -0.1) is 11.3 Å². The van der Waals surface area contributed by atoms with Gasteiger partial charge in [-0.2, -0.15) is 0 Å². The lowest BCUT2D eigenvalue weighted by molar-refractivity contribution is 0.0249. The molecule has 0 saturated carbocycles. The van der Waals surface area contributed by atoms with Crippen LogP contribution in [0, 0.1) is 13.8 Å². The van der Waals surface area contributed by atoms with E-state index in [1.165, 1.54) is 11.3 Å². The molecule has 2 aromatic rings. The van der Waals surface area contributed by atoms with Gasteiger partial charge in [0.2, 0.25) is 0 Å². The molecule has 2 aromatic heterocycles. The van der Waals surface area contributed by atoms with Crippen LogP contribution in [0.1, 0.15) is 50.8 Å². The Morgan fingerprint density at radius 1 is 1.35 bits per heavy atom. The van der Waals surface area contributed by atoms with E-state index in [4.69, 9.17) is 4.42 Å². The Kier molecular flexibility index (Phi) is 5.48. The lowest BCUT2D eigenvalue weighted by atomic mass is 9.95. The quantitative estimate of drug-likeness (QED) is 0.860. The summed E-state index contributed by atoms with van der Waals surface area (Å²) >= 11 is 1.43. The SMILES string of the molecule is Cc1cc(C(=O)NC[C@]2(O)CCCN(C(=O)c3cccs3)CC2)c(C)o1. The summed E-state index contributed by atoms with van der Waals surface area (Å²) in [4.78, 5) is 27.3. The summed E-state index contributed by atoms with van der Waals surface area (Å²) in [6, 6.07) is 5.38. The van der Waals surface area contributed by atoms with Gasteiger partial charge in [0, 0.05) is 19.6 Å². The fraction of sp³-hybridized carbons (Fsp3) is 0.474. The van der Waals surface area contributed by atoms with Crippen molar-refractivity contribution in [3.05, 3.63) is 45.5 Å². The second-order valence-corrected chi connectivity index (χ2v) is 7.80. The second-order valence-electron chi connectivity index (χ2n) is 6.86. The highest BCUT2D eigenvalue weighted by Gasteiger charge is 2.32. The first-order chi connectivity index (χ1) is 12.4. The van der Waals surface area contributed by atoms with Gasteiger partial charge in [-0.25, -0.2) is 0 Å². The number of aliphatic hydroxyl groups is 1. The van der Waals surface area contributed by atoms with Gasteiger partial charge < -0.3 is 19.7 Å². The zero-order chi connectivity index (χ0) is 18.7. The number of thiophene rings is 1. The number of carbonyl (C=O) groups is 2. The Hall–Kier alpha value is -2.12. The molecule has 0 aliphatic carbocycles. The van der Waals surface area contributed by atoms with Crippen molar-refractivity contribution in [2.75, 3.05) is 19.6 Å². The minimum atomic E-state index is -1.01. The van der Waals surface area contributed by atoms with Gasteiger partial charge in [-0.05, 0) is 50.6 Å². The van der Waals surface area contributed by atoms with E-state index in [0.717, 1.165) is 4.88 Å². The Morgan fingerprint density at radius 2 is 2.15 bits per heavy atom. The average Bonchev–Trinajstić information content (AvgIpc) is 3.20. The van der Waals surface area contributed by atoms with E-state index < -0.39 is 5.60 Å². The number of hydrogen-bond donors (Lipinski definition) is 2. The van der Waals surface area contributed by atoms with E-state index in [2.05, 4.69) is 5.32 Å². The molecule has 0 radical (unpaired) electrons. The summed E-state index contributed by atoms with van der Waals surface area (Å²) in [7, 11) is 0. The topological polar surface area (TPSA) is 82.8 Å². The number of furan rings is 1. The van der Waals surface area contributed by atoms with Gasteiger partial charge in [0.05, 0.1) is 16.0 Å². The lowest BCUT2D eigenvalue weighted by Crippen LogP contribution is -2.44. The number of aryl methyl sites for hydroxylation is 2. The van der Waals surface area contributed by atoms with Gasteiger partial charge in [0.1, 0.15) is 11.5 Å². The highest BCUT2D eigenvalue weighted by atomic mass is 32.1. The Morgan fingerprint density at radius 3 is 2.81 bits per heavy atom. The van der Waals surface area contributed by atoms with E-state index in [0.29, 0.717) is 49.4 Å². The van der Waals surface area contributed by atoms with Crippen LogP contribution in [0.5, 0.6) is 0 Å². The molecule has 0 aromatic carbocycles. The molecule has 0 unspecified atom stereocenters. The summed E-state index contributed by atoms with van der Waals surface area (Å²) < 4.78 is 5.38. The zero-order valence-electron chi connectivity index (χ0n) is 15.1. The first kappa shape index (κ1) is 18.7. The fourth-order valence-corrected chi connectivity index (χ4v) is 4.00. The highest BCUT2D eigenvalue weighted by molar-refractivity contribution is 7.12. The Bertz CT molecular complexity index is 784. The van der Waals surface area contributed by atoms with E-state index in [1.807, 2.05) is 17.5 Å². The number of nitrogens with zero attached hydrogens (tertiary/aromatic N) is 1. The van der Waals surface area contributed by atoms with Crippen molar-refractivity contribution in [2.24, 2.45) is 0 Å². The normalized spacial score (nSPS) is 20.7. The molecule has 1 atom stereocenters. The Labute approximate surface area is 156 Å². The molecular formula is C19H24N2O4S. The number of rotatable bonds is 4. The van der Waals surface area contributed by atoms with E-state index >= 15 is 0 Å². The first-order valence-electron chi connectivity index (χ1n) is 8.78. The third-order valence-corrected chi connectivity index (χ3v) is 5.66. The molecule has 2 N–H and O–H groups in total. The van der Waals surface area contributed by atoms with Crippen LogP contribution in [0.15, 0.2) is 28.0 Å². The maximum atomic E-state index is 12.5. The Balaban J connectivity index is 1.58. The maximum absolute atomic E-state index is 12.5. The lowest BCUT2D eigenvalue weighted by Gasteiger charge is -2.27. The molecule has 6 nitrogen and oxygen atoms in total. The summed E-state index contributed by atoms with van der Waals surface area (Å²) in [6.07, 6.45) is 1.69. The monoisotopic (exact) mass is 376 g/mol. The molecule has 26 heavy (non-hydrogen) atoms. The minimum absolute atomic E-state index is 0.0118. The predicted molar refractivity (Wildman–Crippen MR) is 99.5 cm³/mol. The molecule has 1 fully saturated rings. The first-order valence-corrected chi connectivity index (χ1v) is 9.66. The molecular weight excluding hydrogens is 352 g/mol. The molecule has 1 aliphatic rings. The summed E-state index contributed by atoms with van der Waals surface area (Å²) in [5.74, 6) is 1.02. The van der Waals surface area contributed by atoms with Gasteiger partial charge in [-0.3, -0.25) is 9.59 Å². The molecule has 2 amide bonds. The van der Waals surface area contributed by atoms with Crippen molar-refractivity contribution < 1.29 is 19.1 Å². The van der Waals surface area contributed by atoms with E-state index in [9.17, 15) is 14.7 Å². The van der Waals surface area contributed by atoms with Crippen LogP contribution in [0.25, 0.3) is 0 Å². The van der Waals surface area contributed by atoms with Crippen molar-refractivity contribution in [2.45, 2.75) is 38.7 Å². The number of hydrogen-bond acceptors (Lipinski definition) is 5. The van der Waals surface area contributed by atoms with Gasteiger partial charge >= 0.3 is 0 Å². The largest absolute Gasteiger partial charge is 0.466 e. The van der Waals surface area contributed by atoms with Crippen molar-refractivity contribution in [1.29, 1.82) is 0 Å². The smallest absolute Gasteiger partial charge is 0.263 e. The fourth-order valence-electron chi connectivity index (χ4n) is 3.31. The summed E-state index contributed by atoms with van der Waals surface area (Å²) in [6.45, 7) is 4.80. The number of amides is 2. The molecule has 0 spiro atoms. The summed E-state index contributed by atoms with van der Waals surface area (Å²) in [5, 5.41) is 15.6. The second kappa shape index (κ2) is 7.63. The van der Waals surface area contributed by atoms with Gasteiger partial charge in [0.15, 0.2) is 0 Å². The highest BCUT2D eigenvalue weighted by Crippen LogP contribution is 2.24. The molecule has 3 heterocycles. The minimum Gasteiger partial charge on any atom is -0.466 e. The molecule has 1 aliphatic heterocycles. The van der Waals surface area contributed by atoms with Crippen molar-refractivity contribution in [3.8, 4) is 0 Å². The predicted octanol–water partition coefficient (Wildman–Crippen LogP) is 2.75. The van der Waals surface area contributed by atoms with Crippen LogP contribution < -0.4 is 5.32 Å². The standard InChI is InChI=1S/C19H24N2O4S/c1-13-11-15(14(2)25-13)17(22)20-12-19(24)6-4-8-21(9-7-19)18(23)16-5-3-10-26-16/h3,5,10-11,24H,4,6-9,12H2,1-2H3,(H,20,22)/t19-/m0/s1. The van der Waals surface area contributed by atoms with Crippen LogP contribution in [0.4, 0.5) is 0 Å². The van der Waals surface area contributed by atoms with Crippen LogP contribution >= 0.6 is 11.3 Å². The summed E-state index contributed by atoms with van der Waals surface area (Å²) in [5.41, 5.74) is -0.512. The van der Waals surface area contributed by atoms with Crippen molar-refractivity contribution in [3.63, 3.8) is 0 Å². The van der Waals surface area contributed by atoms with Crippen LogP contribution in [-0.4, -0.2) is 47.1 Å². The zero-order valence-corrected chi connectivity index (χ0v) is 15.9. The maximum Gasteiger partial charge on any atom is 0.263 e. The van der Waals surface area contributed by atoms with Gasteiger partial charge in [0.25, 0.3) is 11.8 Å². The van der Waals surface area contributed by atoms with E-state index in [-0.39, 0.29) is 18.4 Å². The van der Waals surface area contributed by atoms with Gasteiger partial charge in [-0.1, -0.05) is 6.07 Å². The molecule has 0 bridgehead atoms. The van der Waals surface area contributed by atoms with Crippen LogP contribution in [-0.2, 0) is 0 Å². The number of likely N-dealkylation sites (tertiary alicyclic amines) is 1. The number of nitrogens with one attached hydrogen (secondary N) is 1. The van der Waals surface area contributed by atoms with Crippen LogP contribution in [0.2, 0.25) is 0 Å². The molecule has 3 rings (SSSR count). The molecule has 7 heteroatoms. The molecule has 1 saturated heterocycles. The third kappa shape index (κ3) is 4.16. The third-order valence-electron chi connectivity index (χ3n) is 4.80. The van der Waals surface area contributed by atoms with Crippen LogP contribution in [0.3, 0.4) is 0 Å². The molecule has 140 valence electrons.